The van der Waals surface area contributed by atoms with Gasteiger partial charge in [0.15, 0.2) is 0 Å². The van der Waals surface area contributed by atoms with E-state index < -0.39 is 0 Å². The van der Waals surface area contributed by atoms with Gasteiger partial charge in [0.05, 0.1) is 12.5 Å². The lowest BCUT2D eigenvalue weighted by molar-refractivity contribution is 0.300. The first-order valence-electron chi connectivity index (χ1n) is 5.88. The number of ether oxygens (including phenoxy) is 1. The zero-order valence-electron chi connectivity index (χ0n) is 9.75. The van der Waals surface area contributed by atoms with Gasteiger partial charge in [-0.3, -0.25) is 0 Å². The van der Waals surface area contributed by atoms with E-state index in [9.17, 15) is 0 Å². The van der Waals surface area contributed by atoms with Crippen molar-refractivity contribution < 1.29 is 4.74 Å². The first-order valence-corrected chi connectivity index (χ1v) is 7.23. The van der Waals surface area contributed by atoms with Gasteiger partial charge in [-0.05, 0) is 6.42 Å². The van der Waals surface area contributed by atoms with Gasteiger partial charge in [-0.15, -0.1) is 21.8 Å². The van der Waals surface area contributed by atoms with Crippen molar-refractivity contribution in [2.24, 2.45) is 0 Å². The monoisotopic (exact) mass is 262 g/mol. The number of unbranched alkanes of at least 4 members (excludes halogenated alkanes) is 5. The van der Waals surface area contributed by atoms with Crippen LogP contribution in [0.4, 0.5) is 0 Å². The Hall–Kier alpha value is -0.350. The van der Waals surface area contributed by atoms with Gasteiger partial charge < -0.3 is 4.74 Å². The van der Waals surface area contributed by atoms with E-state index in [1.807, 2.05) is 0 Å². The molecule has 92 valence electrons. The highest BCUT2D eigenvalue weighted by Crippen LogP contribution is 2.19. The number of hydrogen-bond acceptors (Lipinski definition) is 4. The molecule has 0 spiro atoms. The first kappa shape index (κ1) is 13.7. The molecular formula is C11H19ClN2OS. The topological polar surface area (TPSA) is 35.0 Å². The molecule has 0 saturated carbocycles. The van der Waals surface area contributed by atoms with Crippen LogP contribution in [0.25, 0.3) is 0 Å². The molecule has 0 aliphatic rings. The zero-order chi connectivity index (χ0) is 11.6. The number of aromatic nitrogens is 2. The summed E-state index contributed by atoms with van der Waals surface area (Å²) in [5, 5.41) is 9.24. The van der Waals surface area contributed by atoms with Gasteiger partial charge in [0, 0.05) is 0 Å². The van der Waals surface area contributed by atoms with Gasteiger partial charge in [-0.1, -0.05) is 50.4 Å². The maximum atomic E-state index is 5.62. The molecule has 0 atom stereocenters. The standard InChI is InChI=1S/C11H19ClN2OS/c1-2-3-4-5-6-7-8-15-11-14-13-10(9-12)16-11/h2-9H2,1H3. The van der Waals surface area contributed by atoms with Gasteiger partial charge in [0.1, 0.15) is 5.01 Å². The zero-order valence-corrected chi connectivity index (χ0v) is 11.3. The number of nitrogens with zero attached hydrogens (tertiary/aromatic N) is 2. The largest absolute Gasteiger partial charge is 0.469 e. The van der Waals surface area contributed by atoms with Crippen LogP contribution in [-0.4, -0.2) is 16.8 Å². The van der Waals surface area contributed by atoms with E-state index in [0.29, 0.717) is 11.1 Å². The van der Waals surface area contributed by atoms with E-state index >= 15 is 0 Å². The fourth-order valence-electron chi connectivity index (χ4n) is 1.39. The molecule has 16 heavy (non-hydrogen) atoms. The SMILES string of the molecule is CCCCCCCCOc1nnc(CCl)s1. The lowest BCUT2D eigenvalue weighted by atomic mass is 10.1. The molecule has 1 rings (SSSR count). The molecule has 0 unspecified atom stereocenters. The Morgan fingerprint density at radius 2 is 1.88 bits per heavy atom. The molecule has 1 heterocycles. The van der Waals surface area contributed by atoms with E-state index in [2.05, 4.69) is 17.1 Å². The molecular weight excluding hydrogens is 244 g/mol. The summed E-state index contributed by atoms with van der Waals surface area (Å²) in [7, 11) is 0. The Bertz CT molecular complexity index is 281. The van der Waals surface area contributed by atoms with Gasteiger partial charge in [-0.2, -0.15) is 0 Å². The minimum Gasteiger partial charge on any atom is -0.469 e. The Balaban J connectivity index is 1.98. The molecule has 0 aromatic carbocycles. The van der Waals surface area contributed by atoms with E-state index in [1.165, 1.54) is 43.4 Å². The molecule has 0 radical (unpaired) electrons. The minimum absolute atomic E-state index is 0.415. The smallest absolute Gasteiger partial charge is 0.294 e. The molecule has 0 bridgehead atoms. The van der Waals surface area contributed by atoms with Gasteiger partial charge in [0.25, 0.3) is 5.19 Å². The van der Waals surface area contributed by atoms with Crippen LogP contribution in [-0.2, 0) is 5.88 Å². The van der Waals surface area contributed by atoms with Crippen LogP contribution in [0, 0.1) is 0 Å². The third-order valence-electron chi connectivity index (χ3n) is 2.29. The van der Waals surface area contributed by atoms with Crippen LogP contribution in [0.2, 0.25) is 0 Å². The Morgan fingerprint density at radius 3 is 2.56 bits per heavy atom. The minimum atomic E-state index is 0.415. The average molecular weight is 263 g/mol. The molecule has 0 fully saturated rings. The summed E-state index contributed by atoms with van der Waals surface area (Å²) in [6.07, 6.45) is 7.62. The van der Waals surface area contributed by atoms with Crippen molar-refractivity contribution in [3.05, 3.63) is 5.01 Å². The normalized spacial score (nSPS) is 10.6. The quantitative estimate of drug-likeness (QED) is 0.498. The molecule has 3 nitrogen and oxygen atoms in total. The van der Waals surface area contributed by atoms with E-state index in [0.717, 1.165) is 18.0 Å². The van der Waals surface area contributed by atoms with Crippen molar-refractivity contribution in [2.45, 2.75) is 51.3 Å². The third-order valence-corrected chi connectivity index (χ3v) is 3.53. The predicted octanol–water partition coefficient (Wildman–Crippen LogP) is 4.02. The van der Waals surface area contributed by atoms with Crippen molar-refractivity contribution in [2.75, 3.05) is 6.61 Å². The summed E-state index contributed by atoms with van der Waals surface area (Å²) in [6.45, 7) is 2.97. The summed E-state index contributed by atoms with van der Waals surface area (Å²) in [6, 6.07) is 0. The highest BCUT2D eigenvalue weighted by Gasteiger charge is 2.02. The third kappa shape index (κ3) is 5.66. The maximum Gasteiger partial charge on any atom is 0.294 e. The molecule has 0 aliphatic heterocycles. The second-order valence-electron chi connectivity index (χ2n) is 3.71. The number of alkyl halides is 1. The molecule has 1 aromatic heterocycles. The second kappa shape index (κ2) is 8.76. The van der Waals surface area contributed by atoms with Crippen molar-refractivity contribution in [1.82, 2.24) is 10.2 Å². The van der Waals surface area contributed by atoms with E-state index in [-0.39, 0.29) is 0 Å². The number of hydrogen-bond donors (Lipinski definition) is 0. The van der Waals surface area contributed by atoms with Crippen molar-refractivity contribution in [3.63, 3.8) is 0 Å². The summed E-state index contributed by atoms with van der Waals surface area (Å²) < 4.78 is 5.48. The molecule has 0 N–H and O–H groups in total. The van der Waals surface area contributed by atoms with Crippen molar-refractivity contribution in [3.8, 4) is 5.19 Å². The maximum absolute atomic E-state index is 5.62. The van der Waals surface area contributed by atoms with Crippen LogP contribution < -0.4 is 4.74 Å². The molecule has 1 aromatic rings. The van der Waals surface area contributed by atoms with Gasteiger partial charge in [0.2, 0.25) is 0 Å². The lowest BCUT2D eigenvalue weighted by Crippen LogP contribution is -1.96. The molecule has 0 amide bonds. The molecule has 0 aliphatic carbocycles. The highest BCUT2D eigenvalue weighted by molar-refractivity contribution is 7.13. The summed E-state index contributed by atoms with van der Waals surface area (Å²) in [5.74, 6) is 0.415. The van der Waals surface area contributed by atoms with Crippen molar-refractivity contribution in [1.29, 1.82) is 0 Å². The van der Waals surface area contributed by atoms with Crippen LogP contribution in [0.1, 0.15) is 50.5 Å². The Kier molecular flexibility index (Phi) is 7.51. The second-order valence-corrected chi connectivity index (χ2v) is 5.00. The van der Waals surface area contributed by atoms with Crippen LogP contribution >= 0.6 is 22.9 Å². The van der Waals surface area contributed by atoms with Crippen LogP contribution in [0.3, 0.4) is 0 Å². The lowest BCUT2D eigenvalue weighted by Gasteiger charge is -2.01. The Labute approximate surface area is 106 Å². The Morgan fingerprint density at radius 1 is 1.12 bits per heavy atom. The molecule has 5 heteroatoms. The van der Waals surface area contributed by atoms with Gasteiger partial charge >= 0.3 is 0 Å². The molecule has 0 saturated heterocycles. The van der Waals surface area contributed by atoms with Gasteiger partial charge in [-0.25, -0.2) is 0 Å². The highest BCUT2D eigenvalue weighted by atomic mass is 35.5. The predicted molar refractivity (Wildman–Crippen MR) is 68.3 cm³/mol. The summed E-state index contributed by atoms with van der Waals surface area (Å²) in [4.78, 5) is 0. The van der Waals surface area contributed by atoms with Crippen LogP contribution in [0.5, 0.6) is 5.19 Å². The summed E-state index contributed by atoms with van der Waals surface area (Å²) >= 11 is 7.05. The first-order chi connectivity index (χ1) is 7.86. The fourth-order valence-corrected chi connectivity index (χ4v) is 2.17. The fraction of sp³-hybridized carbons (Fsp3) is 0.818. The average Bonchev–Trinajstić information content (AvgIpc) is 2.76. The summed E-state index contributed by atoms with van der Waals surface area (Å²) in [5.41, 5.74) is 0. The van der Waals surface area contributed by atoms with E-state index in [1.54, 1.807) is 0 Å². The number of halogens is 1. The van der Waals surface area contributed by atoms with Crippen molar-refractivity contribution >= 4 is 22.9 Å². The van der Waals surface area contributed by atoms with Crippen LogP contribution in [0.15, 0.2) is 0 Å². The number of rotatable bonds is 9. The van der Waals surface area contributed by atoms with E-state index in [4.69, 9.17) is 16.3 Å².